The number of aldehydes is 1. The van der Waals surface area contributed by atoms with Gasteiger partial charge in [-0.1, -0.05) is 42.5 Å². The first-order chi connectivity index (χ1) is 27.2. The van der Waals surface area contributed by atoms with Crippen LogP contribution in [0.4, 0.5) is 0 Å². The Balaban J connectivity index is 1.63. The Morgan fingerprint density at radius 2 is 1.25 bits per heavy atom. The average Bonchev–Trinajstić information content (AvgIpc) is 3.86. The van der Waals surface area contributed by atoms with Crippen LogP contribution in [0, 0.1) is 0 Å². The first-order valence-electron chi connectivity index (χ1n) is 17.8. The highest BCUT2D eigenvalue weighted by atomic mass is 16.3. The maximum Gasteiger partial charge on any atom is 0.246 e. The Morgan fingerprint density at radius 1 is 0.737 bits per heavy atom. The van der Waals surface area contributed by atoms with Gasteiger partial charge in [-0.3, -0.25) is 34.0 Å². The van der Waals surface area contributed by atoms with Gasteiger partial charge in [-0.25, -0.2) is 0 Å². The highest BCUT2D eigenvalue weighted by Gasteiger charge is 2.56. The summed E-state index contributed by atoms with van der Waals surface area (Å²) < 4.78 is 0. The number of carbonyl (C=O) groups is 6. The van der Waals surface area contributed by atoms with Gasteiger partial charge in [-0.15, -0.1) is 0 Å². The lowest BCUT2D eigenvalue weighted by molar-refractivity contribution is -0.143. The average molecular weight is 797 g/mol. The highest BCUT2D eigenvalue weighted by molar-refractivity contribution is 5.97. The topological polar surface area (TPSA) is 370 Å². The molecule has 0 bridgehead atoms. The summed E-state index contributed by atoms with van der Waals surface area (Å²) in [5, 5.41) is 59.7. The van der Waals surface area contributed by atoms with Crippen LogP contribution in [0.3, 0.4) is 0 Å². The Labute approximate surface area is 326 Å². The zero-order chi connectivity index (χ0) is 41.7. The maximum absolute atomic E-state index is 14.0. The minimum absolute atomic E-state index is 0.0142. The smallest absolute Gasteiger partial charge is 0.246 e. The third kappa shape index (κ3) is 11.3. The predicted molar refractivity (Wildman–Crippen MR) is 203 cm³/mol. The van der Waals surface area contributed by atoms with E-state index in [0.29, 0.717) is 11.1 Å². The van der Waals surface area contributed by atoms with Crippen LogP contribution in [0.25, 0.3) is 0 Å². The minimum atomic E-state index is -2.39. The van der Waals surface area contributed by atoms with Gasteiger partial charge < -0.3 is 79.6 Å². The number of aliphatic imine (C=N–C) groups is 2. The van der Waals surface area contributed by atoms with E-state index in [9.17, 15) is 49.2 Å². The maximum atomic E-state index is 14.0. The number of nitrogens with one attached hydrogen (secondary N) is 7. The number of hydrogen-bond acceptors (Lipinski definition) is 17. The fourth-order valence-electron chi connectivity index (χ4n) is 6.24. The van der Waals surface area contributed by atoms with Gasteiger partial charge in [0.15, 0.2) is 11.9 Å². The molecular formula is C35H48N12O10. The Kier molecular flexibility index (Phi) is 15.2. The molecule has 7 atom stereocenters. The number of carbonyl (C=O) groups excluding carboxylic acids is 6. The number of nitrogens with two attached hydrogens (primary N) is 3. The molecule has 2 heterocycles. The van der Waals surface area contributed by atoms with Gasteiger partial charge in [0.2, 0.25) is 29.5 Å². The van der Waals surface area contributed by atoms with Gasteiger partial charge >= 0.3 is 0 Å². The molecule has 0 aromatic heterocycles. The van der Waals surface area contributed by atoms with Crippen molar-refractivity contribution in [3.63, 3.8) is 0 Å². The van der Waals surface area contributed by atoms with Crippen LogP contribution in [-0.4, -0.2) is 149 Å². The third-order valence-electron chi connectivity index (χ3n) is 9.29. The van der Waals surface area contributed by atoms with Crippen molar-refractivity contribution in [3.05, 3.63) is 65.7 Å². The molecule has 308 valence electrons. The molecule has 2 aliphatic heterocycles. The summed E-state index contributed by atoms with van der Waals surface area (Å²) in [6.07, 6.45) is 0.0359. The van der Waals surface area contributed by atoms with Crippen molar-refractivity contribution in [2.45, 2.75) is 60.7 Å². The van der Waals surface area contributed by atoms with Crippen molar-refractivity contribution in [2.24, 2.45) is 27.2 Å². The zero-order valence-corrected chi connectivity index (χ0v) is 30.6. The van der Waals surface area contributed by atoms with E-state index in [2.05, 4.69) is 47.2 Å². The molecule has 0 saturated heterocycles. The number of phenolic OH excluding ortho intramolecular Hbond substituents is 1. The van der Waals surface area contributed by atoms with Crippen molar-refractivity contribution >= 4 is 47.7 Å². The lowest BCUT2D eigenvalue weighted by Crippen LogP contribution is -2.76. The molecule has 0 saturated carbocycles. The molecule has 0 spiro atoms. The first-order valence-corrected chi connectivity index (χ1v) is 17.8. The quantitative estimate of drug-likeness (QED) is 0.0554. The SMILES string of the molecule is NCC(=O)N[C@@H](Cc1ccccc1)C(=O)N[C@@H](Cc1ccc(O)cc1)C(=O)N[C@@H](CO)C(=O)N[C@H](C(=O)N[C@H](C=O)CO)C(O)(C1CN=C(N)N1)C1CN=C(N)N1. The normalized spacial score (nSPS) is 19.6. The van der Waals surface area contributed by atoms with E-state index in [0.717, 1.165) is 0 Å². The first kappa shape index (κ1) is 43.4. The number of benzene rings is 2. The number of guanidine groups is 2. The van der Waals surface area contributed by atoms with Crippen molar-refractivity contribution in [1.29, 1.82) is 0 Å². The van der Waals surface area contributed by atoms with E-state index in [1.165, 1.54) is 24.3 Å². The molecule has 0 radical (unpaired) electrons. The second-order valence-electron chi connectivity index (χ2n) is 13.3. The number of hydrogen-bond donors (Lipinski definition) is 14. The molecule has 2 aliphatic rings. The lowest BCUT2D eigenvalue weighted by atomic mass is 9.78. The molecule has 22 nitrogen and oxygen atoms in total. The summed E-state index contributed by atoms with van der Waals surface area (Å²) >= 11 is 0. The summed E-state index contributed by atoms with van der Waals surface area (Å²) in [6, 6.07) is 4.05. The van der Waals surface area contributed by atoms with E-state index >= 15 is 0 Å². The number of nitrogens with zero attached hydrogens (tertiary/aromatic N) is 2. The Bertz CT molecular complexity index is 1790. The summed E-state index contributed by atoms with van der Waals surface area (Å²) in [6.45, 7) is -2.73. The summed E-state index contributed by atoms with van der Waals surface area (Å²) in [4.78, 5) is 87.4. The van der Waals surface area contributed by atoms with E-state index in [1.54, 1.807) is 30.3 Å². The number of aromatic hydroxyl groups is 1. The third-order valence-corrected chi connectivity index (χ3v) is 9.29. The van der Waals surface area contributed by atoms with E-state index < -0.39 is 97.2 Å². The van der Waals surface area contributed by atoms with Crippen LogP contribution >= 0.6 is 0 Å². The van der Waals surface area contributed by atoms with Crippen molar-refractivity contribution < 1.29 is 49.2 Å². The molecule has 57 heavy (non-hydrogen) atoms. The number of aliphatic hydroxyl groups is 3. The van der Waals surface area contributed by atoms with Gasteiger partial charge in [0.25, 0.3) is 0 Å². The van der Waals surface area contributed by atoms with E-state index in [4.69, 9.17) is 17.2 Å². The van der Waals surface area contributed by atoms with Crippen LogP contribution in [0.2, 0.25) is 0 Å². The molecular weight excluding hydrogens is 748 g/mol. The largest absolute Gasteiger partial charge is 0.508 e. The Morgan fingerprint density at radius 3 is 1.72 bits per heavy atom. The van der Waals surface area contributed by atoms with Gasteiger partial charge in [0.05, 0.1) is 44.9 Å². The van der Waals surface area contributed by atoms with E-state index in [1.807, 2.05) is 0 Å². The van der Waals surface area contributed by atoms with Gasteiger partial charge in [0.1, 0.15) is 47.8 Å². The molecule has 0 aliphatic carbocycles. The molecule has 2 aromatic rings. The monoisotopic (exact) mass is 796 g/mol. The molecule has 5 amide bonds. The number of aliphatic hydroxyl groups excluding tert-OH is 2. The van der Waals surface area contributed by atoms with Crippen LogP contribution in [0.1, 0.15) is 11.1 Å². The highest BCUT2D eigenvalue weighted by Crippen LogP contribution is 2.26. The van der Waals surface area contributed by atoms with Crippen LogP contribution < -0.4 is 54.4 Å². The van der Waals surface area contributed by atoms with Gasteiger partial charge in [-0.05, 0) is 23.3 Å². The lowest BCUT2D eigenvalue weighted by Gasteiger charge is -2.44. The number of amides is 5. The second-order valence-corrected chi connectivity index (χ2v) is 13.3. The molecule has 2 aromatic carbocycles. The predicted octanol–water partition coefficient (Wildman–Crippen LogP) is -6.95. The summed E-state index contributed by atoms with van der Waals surface area (Å²) in [7, 11) is 0. The van der Waals surface area contributed by atoms with Crippen LogP contribution in [0.15, 0.2) is 64.6 Å². The van der Waals surface area contributed by atoms with Crippen molar-refractivity contribution in [2.75, 3.05) is 32.8 Å². The minimum Gasteiger partial charge on any atom is -0.508 e. The van der Waals surface area contributed by atoms with Gasteiger partial charge in [0, 0.05) is 12.8 Å². The Hall–Kier alpha value is -6.36. The summed E-state index contributed by atoms with van der Waals surface area (Å²) in [5.41, 5.74) is 15.9. The molecule has 2 unspecified atom stereocenters. The second kappa shape index (κ2) is 20.0. The van der Waals surface area contributed by atoms with Crippen molar-refractivity contribution in [1.82, 2.24) is 37.2 Å². The molecule has 4 rings (SSSR count). The fourth-order valence-corrected chi connectivity index (χ4v) is 6.24. The molecule has 22 heteroatoms. The fraction of sp³-hybridized carbons (Fsp3) is 0.429. The zero-order valence-electron chi connectivity index (χ0n) is 30.6. The molecule has 17 N–H and O–H groups in total. The van der Waals surface area contributed by atoms with Crippen LogP contribution in [-0.2, 0) is 41.6 Å². The van der Waals surface area contributed by atoms with Crippen LogP contribution in [0.5, 0.6) is 5.75 Å². The summed E-state index contributed by atoms with van der Waals surface area (Å²) in [5.74, 6) is -5.10. The van der Waals surface area contributed by atoms with Gasteiger partial charge in [-0.2, -0.15) is 0 Å². The van der Waals surface area contributed by atoms with E-state index in [-0.39, 0.29) is 49.9 Å². The standard InChI is InChI=1S/C35H48N12O10/c36-12-27(52)42-22(10-18-4-2-1-3-5-18)29(53)43-23(11-19-6-8-21(51)9-7-19)30(54)44-24(17-50)31(55)47-28(32(56)41-20(15-48)16-49)35(57,25-13-39-33(37)45-25)26-14-40-34(38)46-26/h1-9,15,20,22-26,28,49-51,57H,10-14,16-17,36H2,(H,41,56)(H,42,52)(H,43,53)(H,44,54)(H,47,55)(H3,37,39,45)(H3,38,40,46)/t20-,22+,23+,24+,25?,26?,28-,35?/m1/s1. The molecule has 0 fully saturated rings. The number of rotatable bonds is 20. The van der Waals surface area contributed by atoms with Crippen molar-refractivity contribution in [3.8, 4) is 5.75 Å². The number of phenols is 1.